The Morgan fingerprint density at radius 1 is 1.33 bits per heavy atom. The minimum atomic E-state index is -1.64. The van der Waals surface area contributed by atoms with Crippen LogP contribution in [0.3, 0.4) is 0 Å². The van der Waals surface area contributed by atoms with Gasteiger partial charge in [0.25, 0.3) is 0 Å². The summed E-state index contributed by atoms with van der Waals surface area (Å²) in [4.78, 5) is 15.3. The number of benzene rings is 1. The van der Waals surface area contributed by atoms with Gasteiger partial charge in [-0.3, -0.25) is 4.79 Å². The smallest absolute Gasteiger partial charge is 0.246 e. The highest BCUT2D eigenvalue weighted by Crippen LogP contribution is 2.19. The zero-order chi connectivity index (χ0) is 16.0. The Bertz CT molecular complexity index is 548. The third kappa shape index (κ3) is 4.97. The highest BCUT2D eigenvalue weighted by Gasteiger charge is 2.15. The molecule has 116 valence electrons. The number of hydrogen-bond acceptors (Lipinski definition) is 2. The predicted molar refractivity (Wildman–Crippen MR) is 74.3 cm³/mol. The van der Waals surface area contributed by atoms with Gasteiger partial charge in [-0.1, -0.05) is 6.92 Å². The summed E-state index contributed by atoms with van der Waals surface area (Å²) in [5.41, 5.74) is 5.09. The van der Waals surface area contributed by atoms with Crippen molar-refractivity contribution in [2.24, 2.45) is 10.7 Å². The lowest BCUT2D eigenvalue weighted by Gasteiger charge is -2.11. The zero-order valence-electron chi connectivity index (χ0n) is 11.7. The van der Waals surface area contributed by atoms with Gasteiger partial charge in [0.15, 0.2) is 23.4 Å². The molecule has 1 atom stereocenters. The van der Waals surface area contributed by atoms with Crippen LogP contribution in [0, 0.1) is 17.5 Å². The molecule has 0 bridgehead atoms. The molecule has 5 nitrogen and oxygen atoms in total. The van der Waals surface area contributed by atoms with Crippen molar-refractivity contribution in [2.45, 2.75) is 26.3 Å². The molecule has 1 aromatic carbocycles. The van der Waals surface area contributed by atoms with Crippen LogP contribution in [-0.2, 0) is 4.79 Å². The van der Waals surface area contributed by atoms with Crippen LogP contribution >= 0.6 is 0 Å². The minimum Gasteiger partial charge on any atom is -0.370 e. The monoisotopic (exact) mass is 302 g/mol. The van der Waals surface area contributed by atoms with Crippen molar-refractivity contribution in [3.8, 4) is 0 Å². The number of nitrogens with two attached hydrogens (primary N) is 1. The van der Waals surface area contributed by atoms with E-state index in [4.69, 9.17) is 5.73 Å². The molecular weight excluding hydrogens is 285 g/mol. The van der Waals surface area contributed by atoms with Gasteiger partial charge in [0.05, 0.1) is 5.69 Å². The van der Waals surface area contributed by atoms with Crippen LogP contribution in [0.2, 0.25) is 0 Å². The number of anilines is 1. The van der Waals surface area contributed by atoms with E-state index in [1.54, 1.807) is 0 Å². The van der Waals surface area contributed by atoms with Crippen molar-refractivity contribution < 1.29 is 18.0 Å². The number of hydrogen-bond donors (Lipinski definition) is 3. The van der Waals surface area contributed by atoms with Gasteiger partial charge in [0.2, 0.25) is 5.91 Å². The van der Waals surface area contributed by atoms with E-state index in [0.29, 0.717) is 0 Å². The summed E-state index contributed by atoms with van der Waals surface area (Å²) in [5, 5.41) is 4.93. The first-order valence-corrected chi connectivity index (χ1v) is 6.35. The number of amides is 1. The Hall–Kier alpha value is -2.25. The summed E-state index contributed by atoms with van der Waals surface area (Å²) < 4.78 is 39.0. The Kier molecular flexibility index (Phi) is 6.01. The quantitative estimate of drug-likeness (QED) is 0.440. The van der Waals surface area contributed by atoms with E-state index in [2.05, 4.69) is 15.6 Å². The lowest BCUT2D eigenvalue weighted by molar-refractivity contribution is -0.114. The second-order valence-corrected chi connectivity index (χ2v) is 4.43. The zero-order valence-corrected chi connectivity index (χ0v) is 11.7. The molecule has 21 heavy (non-hydrogen) atoms. The van der Waals surface area contributed by atoms with E-state index in [1.165, 1.54) is 0 Å². The van der Waals surface area contributed by atoms with Crippen molar-refractivity contribution in [3.63, 3.8) is 0 Å². The van der Waals surface area contributed by atoms with Crippen LogP contribution < -0.4 is 16.4 Å². The first-order chi connectivity index (χ1) is 9.85. The third-order valence-electron chi connectivity index (χ3n) is 2.71. The molecule has 0 heterocycles. The molecule has 1 rings (SSSR count). The maximum atomic E-state index is 13.3. The molecular formula is C13H17F3N4O. The summed E-state index contributed by atoms with van der Waals surface area (Å²) >= 11 is 0. The second kappa shape index (κ2) is 7.51. The van der Waals surface area contributed by atoms with E-state index >= 15 is 0 Å². The number of halogens is 3. The van der Waals surface area contributed by atoms with Gasteiger partial charge in [0, 0.05) is 6.04 Å². The normalized spacial score (nSPS) is 12.9. The lowest BCUT2D eigenvalue weighted by atomic mass is 10.2. The lowest BCUT2D eigenvalue weighted by Crippen LogP contribution is -2.38. The minimum absolute atomic E-state index is 0.0743. The number of nitrogens with zero attached hydrogens (tertiary/aromatic N) is 1. The first-order valence-electron chi connectivity index (χ1n) is 6.35. The van der Waals surface area contributed by atoms with Gasteiger partial charge < -0.3 is 16.4 Å². The number of rotatable bonds is 5. The molecule has 4 N–H and O–H groups in total. The average molecular weight is 302 g/mol. The van der Waals surface area contributed by atoms with Crippen LogP contribution in [0.1, 0.15) is 20.3 Å². The summed E-state index contributed by atoms with van der Waals surface area (Å²) in [6.45, 7) is 3.47. The molecule has 0 fully saturated rings. The Morgan fingerprint density at radius 3 is 2.62 bits per heavy atom. The molecule has 1 amide bonds. The van der Waals surface area contributed by atoms with Crippen LogP contribution in [0.4, 0.5) is 18.9 Å². The predicted octanol–water partition coefficient (Wildman–Crippen LogP) is 1.75. The van der Waals surface area contributed by atoms with Crippen LogP contribution in [0.25, 0.3) is 0 Å². The molecule has 0 radical (unpaired) electrons. The Labute approximate surface area is 120 Å². The van der Waals surface area contributed by atoms with Crippen molar-refractivity contribution in [1.82, 2.24) is 5.32 Å². The molecule has 0 aliphatic carbocycles. The fraction of sp³-hybridized carbons (Fsp3) is 0.385. The molecule has 1 aromatic rings. The number of aliphatic imine (C=N–C) groups is 1. The molecule has 0 aromatic heterocycles. The van der Waals surface area contributed by atoms with Gasteiger partial charge in [-0.25, -0.2) is 18.2 Å². The summed E-state index contributed by atoms with van der Waals surface area (Å²) in [7, 11) is 0. The van der Waals surface area contributed by atoms with Gasteiger partial charge in [0.1, 0.15) is 6.54 Å². The second-order valence-electron chi connectivity index (χ2n) is 4.43. The Balaban J connectivity index is 2.62. The van der Waals surface area contributed by atoms with Crippen molar-refractivity contribution >= 4 is 17.6 Å². The molecule has 0 aliphatic rings. The standard InChI is InChI=1S/C13H17F3N4O/c1-3-7(2)19-13(17)18-6-10(21)20-9-5-4-8(14)11(15)12(9)16/h4-5,7H,3,6H2,1-2H3,(H,20,21)(H3,17,18,19). The van der Waals surface area contributed by atoms with Gasteiger partial charge >= 0.3 is 0 Å². The van der Waals surface area contributed by atoms with Gasteiger partial charge in [-0.2, -0.15) is 0 Å². The summed E-state index contributed by atoms with van der Waals surface area (Å²) in [6.07, 6.45) is 0.822. The van der Waals surface area contributed by atoms with Crippen LogP contribution in [0.15, 0.2) is 17.1 Å². The molecule has 0 saturated heterocycles. The largest absolute Gasteiger partial charge is 0.370 e. The fourth-order valence-electron chi connectivity index (χ4n) is 1.37. The number of carbonyl (C=O) groups is 1. The topological polar surface area (TPSA) is 79.5 Å². The molecule has 0 saturated carbocycles. The average Bonchev–Trinajstić information content (AvgIpc) is 2.45. The molecule has 8 heteroatoms. The van der Waals surface area contributed by atoms with E-state index < -0.39 is 29.0 Å². The van der Waals surface area contributed by atoms with Crippen molar-refractivity contribution in [3.05, 3.63) is 29.6 Å². The van der Waals surface area contributed by atoms with E-state index in [0.717, 1.165) is 18.6 Å². The van der Waals surface area contributed by atoms with Crippen LogP contribution in [0.5, 0.6) is 0 Å². The number of carbonyl (C=O) groups excluding carboxylic acids is 1. The van der Waals surface area contributed by atoms with E-state index in [1.807, 2.05) is 13.8 Å². The van der Waals surface area contributed by atoms with Gasteiger partial charge in [-0.15, -0.1) is 0 Å². The molecule has 1 unspecified atom stereocenters. The highest BCUT2D eigenvalue weighted by molar-refractivity contribution is 5.94. The Morgan fingerprint density at radius 2 is 2.00 bits per heavy atom. The third-order valence-corrected chi connectivity index (χ3v) is 2.71. The fourth-order valence-corrected chi connectivity index (χ4v) is 1.37. The highest BCUT2D eigenvalue weighted by atomic mass is 19.2. The molecule has 0 spiro atoms. The SMILES string of the molecule is CCC(C)NC(N)=NCC(=O)Nc1ccc(F)c(F)c1F. The van der Waals surface area contributed by atoms with Crippen LogP contribution in [-0.4, -0.2) is 24.5 Å². The van der Waals surface area contributed by atoms with Gasteiger partial charge in [-0.05, 0) is 25.5 Å². The van der Waals surface area contributed by atoms with Crippen molar-refractivity contribution in [2.75, 3.05) is 11.9 Å². The maximum absolute atomic E-state index is 13.3. The molecule has 0 aliphatic heterocycles. The van der Waals surface area contributed by atoms with E-state index in [-0.39, 0.29) is 18.5 Å². The first kappa shape index (κ1) is 16.8. The van der Waals surface area contributed by atoms with Crippen molar-refractivity contribution in [1.29, 1.82) is 0 Å². The number of nitrogens with one attached hydrogen (secondary N) is 2. The summed E-state index contributed by atoms with van der Waals surface area (Å²) in [5.74, 6) is -5.06. The number of guanidine groups is 1. The summed E-state index contributed by atoms with van der Waals surface area (Å²) in [6, 6.07) is 1.74. The van der Waals surface area contributed by atoms with E-state index in [9.17, 15) is 18.0 Å². The maximum Gasteiger partial charge on any atom is 0.246 e.